The summed E-state index contributed by atoms with van der Waals surface area (Å²) in [7, 11) is 3.45. The molecule has 2 heterocycles. The number of nitrogens with one attached hydrogen (secondary N) is 1. The molecule has 5 fully saturated rings. The van der Waals surface area contributed by atoms with Crippen LogP contribution in [0, 0.1) is 23.7 Å². The first-order chi connectivity index (χ1) is 27.4. The summed E-state index contributed by atoms with van der Waals surface area (Å²) < 4.78 is 5.06. The van der Waals surface area contributed by atoms with Crippen molar-refractivity contribution in [3.05, 3.63) is 11.6 Å². The van der Waals surface area contributed by atoms with Crippen molar-refractivity contribution in [2.24, 2.45) is 23.7 Å². The van der Waals surface area contributed by atoms with E-state index in [1.165, 1.54) is 133 Å². The third-order valence-electron chi connectivity index (χ3n) is 10.3. The molecule has 0 bridgehead atoms. The van der Waals surface area contributed by atoms with Gasteiger partial charge in [0, 0.05) is 79.5 Å². The molecule has 4 saturated carbocycles. The Morgan fingerprint density at radius 3 is 1.22 bits per heavy atom. The molecule has 58 heavy (non-hydrogen) atoms. The molecule has 11 heteroatoms. The molecule has 1 aliphatic heterocycles. The lowest BCUT2D eigenvalue weighted by atomic mass is 9.88. The van der Waals surface area contributed by atoms with Crippen LogP contribution in [-0.2, 0) is 23.9 Å². The Morgan fingerprint density at radius 2 is 1.07 bits per heavy atom. The fourth-order valence-electron chi connectivity index (χ4n) is 5.20. The molecule has 0 unspecified atom stereocenters. The Kier molecular flexibility index (Phi) is 42.5. The molecule has 5 aliphatic rings. The zero-order valence-electron chi connectivity index (χ0n) is 40.3. The minimum atomic E-state index is -0.0787. The van der Waals surface area contributed by atoms with E-state index in [-0.39, 0.29) is 23.6 Å². The maximum atomic E-state index is 10.7. The predicted octanol–water partition coefficient (Wildman–Crippen LogP) is 11.7. The van der Waals surface area contributed by atoms with Gasteiger partial charge in [0.2, 0.25) is 23.6 Å². The van der Waals surface area contributed by atoms with Gasteiger partial charge in [0.25, 0.3) is 0 Å². The van der Waals surface area contributed by atoms with Gasteiger partial charge in [-0.25, -0.2) is 4.98 Å². The molecule has 4 amide bonds. The van der Waals surface area contributed by atoms with Crippen molar-refractivity contribution in [2.75, 3.05) is 58.8 Å². The topological polar surface area (TPSA) is 112 Å². The summed E-state index contributed by atoms with van der Waals surface area (Å²) in [5, 5.41) is 5.02. The van der Waals surface area contributed by atoms with Gasteiger partial charge < -0.3 is 24.8 Å². The van der Waals surface area contributed by atoms with Gasteiger partial charge in [-0.1, -0.05) is 144 Å². The highest BCUT2D eigenvalue weighted by atomic mass is 32.1. The normalized spacial score (nSPS) is 16.8. The number of unbranched alkanes of at least 4 members (excludes halogenated alkanes) is 1. The third-order valence-corrected chi connectivity index (χ3v) is 11.0. The molecule has 0 spiro atoms. The van der Waals surface area contributed by atoms with Gasteiger partial charge >= 0.3 is 0 Å². The molecule has 1 N–H and O–H groups in total. The van der Waals surface area contributed by atoms with E-state index in [1.807, 2.05) is 19.2 Å². The second kappa shape index (κ2) is 41.2. The van der Waals surface area contributed by atoms with Gasteiger partial charge in [-0.2, -0.15) is 0 Å². The number of carbonyl (C=O) groups excluding carboxylic acids is 4. The van der Waals surface area contributed by atoms with Crippen molar-refractivity contribution in [3.8, 4) is 0 Å². The van der Waals surface area contributed by atoms with E-state index in [0.29, 0.717) is 18.3 Å². The van der Waals surface area contributed by atoms with Gasteiger partial charge in [0.05, 0.1) is 13.2 Å². The van der Waals surface area contributed by atoms with E-state index < -0.39 is 0 Å². The van der Waals surface area contributed by atoms with E-state index in [1.54, 1.807) is 43.9 Å². The molecule has 10 nitrogen and oxygen atoms in total. The summed E-state index contributed by atoms with van der Waals surface area (Å²) in [6, 6.07) is 0. The number of ether oxygens (including phenoxy) is 1. The lowest BCUT2D eigenvalue weighted by Gasteiger charge is -2.25. The quantitative estimate of drug-likeness (QED) is 0.323. The minimum absolute atomic E-state index is 0.0787. The van der Waals surface area contributed by atoms with E-state index in [2.05, 4.69) is 51.8 Å². The number of hydrogen-bond donors (Lipinski definition) is 1. The molecular formula is C47H93N5O5S. The maximum Gasteiger partial charge on any atom is 0.223 e. The number of carbonyl (C=O) groups is 4. The van der Waals surface area contributed by atoms with Crippen LogP contribution >= 0.6 is 11.3 Å². The van der Waals surface area contributed by atoms with Gasteiger partial charge in [0.15, 0.2) is 5.13 Å². The lowest BCUT2D eigenvalue weighted by Crippen LogP contribution is -2.39. The molecule has 0 aromatic carbocycles. The van der Waals surface area contributed by atoms with E-state index in [0.717, 1.165) is 49.9 Å². The maximum absolute atomic E-state index is 10.7. The lowest BCUT2D eigenvalue weighted by molar-refractivity contribution is -0.133. The highest BCUT2D eigenvalue weighted by Gasteiger charge is 2.13. The zero-order chi connectivity index (χ0) is 44.7. The predicted molar refractivity (Wildman–Crippen MR) is 249 cm³/mol. The van der Waals surface area contributed by atoms with Crippen LogP contribution in [0.5, 0.6) is 0 Å². The van der Waals surface area contributed by atoms with Crippen LogP contribution in [0.4, 0.5) is 5.13 Å². The first kappa shape index (κ1) is 59.8. The molecule has 1 saturated heterocycles. The van der Waals surface area contributed by atoms with Crippen LogP contribution < -0.4 is 5.32 Å². The number of thiazole rings is 1. The van der Waals surface area contributed by atoms with Crippen LogP contribution in [0.1, 0.15) is 186 Å². The van der Waals surface area contributed by atoms with Crippen molar-refractivity contribution in [3.63, 3.8) is 0 Å². The number of nitrogens with zero attached hydrogens (tertiary/aromatic N) is 4. The highest BCUT2D eigenvalue weighted by molar-refractivity contribution is 7.13. The number of morpholine rings is 1. The van der Waals surface area contributed by atoms with Crippen LogP contribution in [-0.4, -0.2) is 96.8 Å². The molecule has 0 radical (unpaired) electrons. The average Bonchev–Trinajstić information content (AvgIpc) is 3.54. The van der Waals surface area contributed by atoms with E-state index in [9.17, 15) is 19.2 Å². The summed E-state index contributed by atoms with van der Waals surface area (Å²) in [6.07, 6.45) is 25.1. The first-order valence-corrected chi connectivity index (χ1v) is 23.8. The molecule has 0 atom stereocenters. The Labute approximate surface area is 362 Å². The van der Waals surface area contributed by atoms with Crippen molar-refractivity contribution in [1.82, 2.24) is 19.7 Å². The Morgan fingerprint density at radius 1 is 0.672 bits per heavy atom. The zero-order valence-corrected chi connectivity index (χ0v) is 41.1. The fraction of sp³-hybridized carbons (Fsp3) is 0.851. The van der Waals surface area contributed by atoms with Crippen LogP contribution in [0.3, 0.4) is 0 Å². The second-order valence-electron chi connectivity index (χ2n) is 16.6. The Hall–Kier alpha value is -2.53. The Bertz CT molecular complexity index is 1070. The van der Waals surface area contributed by atoms with Crippen LogP contribution in [0.25, 0.3) is 0 Å². The first-order valence-electron chi connectivity index (χ1n) is 22.9. The van der Waals surface area contributed by atoms with Gasteiger partial charge in [-0.3, -0.25) is 19.2 Å². The van der Waals surface area contributed by atoms with Gasteiger partial charge in [0.1, 0.15) is 0 Å². The number of rotatable bonds is 4. The number of anilines is 1. The van der Waals surface area contributed by atoms with Crippen molar-refractivity contribution < 1.29 is 23.9 Å². The van der Waals surface area contributed by atoms with Gasteiger partial charge in [-0.05, 0) is 37.5 Å². The molecule has 342 valence electrons. The van der Waals surface area contributed by atoms with Crippen molar-refractivity contribution in [1.29, 1.82) is 0 Å². The summed E-state index contributed by atoms with van der Waals surface area (Å²) >= 11 is 1.41. The SMILES string of the molecule is CC(=O)N(C)C.CC(=O)N1CCOCC1.CC(=O)Nc1nccs1.CC1CC1.CC1CCC1.CC1CCCC1.CC1CCCCC1.CCCC.CCN(CC)C(C)=O. The van der Waals surface area contributed by atoms with Crippen molar-refractivity contribution >= 4 is 40.1 Å². The largest absolute Gasteiger partial charge is 0.378 e. The van der Waals surface area contributed by atoms with Crippen LogP contribution in [0.2, 0.25) is 0 Å². The molecular weight excluding hydrogens is 747 g/mol. The summed E-state index contributed by atoms with van der Waals surface area (Å²) in [5.74, 6) is 4.56. The monoisotopic (exact) mass is 840 g/mol. The smallest absolute Gasteiger partial charge is 0.223 e. The fourth-order valence-corrected chi connectivity index (χ4v) is 5.77. The molecule has 4 aliphatic carbocycles. The minimum Gasteiger partial charge on any atom is -0.378 e. The summed E-state index contributed by atoms with van der Waals surface area (Å²) in [5.41, 5.74) is 0. The number of hydrogen-bond acceptors (Lipinski definition) is 7. The highest BCUT2D eigenvalue weighted by Crippen LogP contribution is 2.27. The standard InChI is InChI=1S/C7H14.C6H11NO2.C6H13NO.C6H12.C5H6N2OS.C5H10.C4H9NO.C4H8.C4H10/c1-7-5-3-2-4-6-7;1-6(8)7-2-4-9-5-3-7;1-4-7(5-2)6(3)8;1-6-4-2-3-5-6;1-4(8)7-5-6-2-3-9-5;1-5-3-2-4-5;1-4(6)5(2)3;1-4-2-3-4;1-3-4-2/h7H,2-6H2,1H3;2-5H2,1H3;4-5H2,1-3H3;6H,2-5H2,1H3;2-3H,1H3,(H,6,7,8);5H,2-4H2,1H3;1-3H3;4H,2-3H2,1H3;3-4H2,1-2H3. The van der Waals surface area contributed by atoms with Gasteiger partial charge in [-0.15, -0.1) is 11.3 Å². The van der Waals surface area contributed by atoms with E-state index in [4.69, 9.17) is 4.74 Å². The van der Waals surface area contributed by atoms with Crippen molar-refractivity contribution in [2.45, 2.75) is 186 Å². The number of aromatic nitrogens is 1. The molecule has 1 aromatic heterocycles. The Balaban J connectivity index is -0.000000594. The van der Waals surface area contributed by atoms with Crippen LogP contribution in [0.15, 0.2) is 11.6 Å². The average molecular weight is 840 g/mol. The second-order valence-corrected chi connectivity index (χ2v) is 17.5. The molecule has 6 rings (SSSR count). The number of amides is 4. The van der Waals surface area contributed by atoms with E-state index >= 15 is 0 Å². The molecule has 1 aromatic rings. The summed E-state index contributed by atoms with van der Waals surface area (Å²) in [6.45, 7) is 28.3. The summed E-state index contributed by atoms with van der Waals surface area (Å²) in [4.78, 5) is 50.6. The third kappa shape index (κ3) is 44.6.